The van der Waals surface area contributed by atoms with E-state index in [0.29, 0.717) is 17.1 Å². The third kappa shape index (κ3) is 3.62. The largest absolute Gasteiger partial charge is 0.462 e. The van der Waals surface area contributed by atoms with Gasteiger partial charge in [0.25, 0.3) is 10.0 Å². The quantitative estimate of drug-likeness (QED) is 0.783. The highest BCUT2D eigenvalue weighted by Crippen LogP contribution is 2.26. The highest BCUT2D eigenvalue weighted by Gasteiger charge is 2.29. The molecule has 6 nitrogen and oxygen atoms in total. The van der Waals surface area contributed by atoms with Crippen LogP contribution in [-0.2, 0) is 21.2 Å². The Morgan fingerprint density at radius 1 is 1.12 bits per heavy atom. The Labute approximate surface area is 142 Å². The van der Waals surface area contributed by atoms with Gasteiger partial charge >= 0.3 is 5.97 Å². The number of hydrogen-bond donors (Lipinski definition) is 2. The predicted molar refractivity (Wildman–Crippen MR) is 92.9 cm³/mol. The van der Waals surface area contributed by atoms with Crippen molar-refractivity contribution in [2.45, 2.75) is 39.0 Å². The minimum atomic E-state index is -3.92. The molecule has 2 N–H and O–H groups in total. The lowest BCUT2D eigenvalue weighted by Gasteiger charge is -2.10. The van der Waals surface area contributed by atoms with E-state index in [1.54, 1.807) is 32.9 Å². The van der Waals surface area contributed by atoms with Crippen LogP contribution in [0.2, 0.25) is 0 Å². The molecule has 0 unspecified atom stereocenters. The van der Waals surface area contributed by atoms with Crippen molar-refractivity contribution in [1.29, 1.82) is 0 Å². The molecule has 2 aromatic rings. The number of H-pyrrole nitrogens is 1. The lowest BCUT2D eigenvalue weighted by molar-refractivity contribution is 0.0521. The fourth-order valence-electron chi connectivity index (χ4n) is 2.56. The maximum absolute atomic E-state index is 12.8. The Balaban J connectivity index is 2.43. The Hall–Kier alpha value is -2.28. The summed E-state index contributed by atoms with van der Waals surface area (Å²) in [5.74, 6) is -0.652. The summed E-state index contributed by atoms with van der Waals surface area (Å²) in [5.41, 5.74) is 2.46. The molecule has 0 aliphatic heterocycles. The first-order valence-electron chi connectivity index (χ1n) is 7.78. The van der Waals surface area contributed by atoms with Gasteiger partial charge in [0.15, 0.2) is 0 Å². The number of aromatic nitrogens is 1. The molecule has 2 rings (SSSR count). The predicted octanol–water partition coefficient (Wildman–Crippen LogP) is 3.17. The summed E-state index contributed by atoms with van der Waals surface area (Å²) < 4.78 is 33.1. The van der Waals surface area contributed by atoms with Crippen molar-refractivity contribution in [1.82, 2.24) is 4.98 Å². The fraction of sp³-hybridized carbons (Fsp3) is 0.353. The summed E-state index contributed by atoms with van der Waals surface area (Å²) in [5, 5.41) is 0. The topological polar surface area (TPSA) is 88.3 Å². The molecule has 1 aromatic carbocycles. The summed E-state index contributed by atoms with van der Waals surface area (Å²) >= 11 is 0. The van der Waals surface area contributed by atoms with Gasteiger partial charge < -0.3 is 9.72 Å². The van der Waals surface area contributed by atoms with E-state index in [2.05, 4.69) is 9.71 Å². The van der Waals surface area contributed by atoms with Gasteiger partial charge in [0.2, 0.25) is 0 Å². The van der Waals surface area contributed by atoms with Gasteiger partial charge in [-0.05, 0) is 44.9 Å². The van der Waals surface area contributed by atoms with Crippen LogP contribution >= 0.6 is 0 Å². The Morgan fingerprint density at radius 2 is 1.75 bits per heavy atom. The normalized spacial score (nSPS) is 11.3. The van der Waals surface area contributed by atoms with Gasteiger partial charge in [0.1, 0.15) is 10.5 Å². The van der Waals surface area contributed by atoms with E-state index in [-0.39, 0.29) is 17.1 Å². The SMILES string of the molecule is CCOC(=O)c1c(C)[nH]c(C)c1S(=O)(=O)Nc1ccc(CC)cc1. The van der Waals surface area contributed by atoms with Gasteiger partial charge in [0.05, 0.1) is 6.61 Å². The summed E-state index contributed by atoms with van der Waals surface area (Å²) in [6.07, 6.45) is 0.871. The molecule has 0 atom stereocenters. The Morgan fingerprint density at radius 3 is 2.29 bits per heavy atom. The number of hydrogen-bond acceptors (Lipinski definition) is 4. The molecule has 130 valence electrons. The van der Waals surface area contributed by atoms with Crippen molar-refractivity contribution < 1.29 is 17.9 Å². The van der Waals surface area contributed by atoms with Gasteiger partial charge in [-0.3, -0.25) is 4.72 Å². The number of anilines is 1. The minimum absolute atomic E-state index is 0.0482. The van der Waals surface area contributed by atoms with Crippen molar-refractivity contribution >= 4 is 21.7 Å². The third-order valence-corrected chi connectivity index (χ3v) is 5.23. The average Bonchev–Trinajstić information content (AvgIpc) is 2.83. The average molecular weight is 350 g/mol. The van der Waals surface area contributed by atoms with Crippen LogP contribution in [0.5, 0.6) is 0 Å². The van der Waals surface area contributed by atoms with Crippen LogP contribution in [-0.4, -0.2) is 26.0 Å². The summed E-state index contributed by atoms with van der Waals surface area (Å²) in [4.78, 5) is 15.0. The number of rotatable bonds is 6. The summed E-state index contributed by atoms with van der Waals surface area (Å²) in [6, 6.07) is 7.13. The van der Waals surface area contributed by atoms with E-state index in [0.717, 1.165) is 12.0 Å². The molecule has 0 amide bonds. The van der Waals surface area contributed by atoms with Gasteiger partial charge in [-0.25, -0.2) is 13.2 Å². The molecule has 0 bridgehead atoms. The lowest BCUT2D eigenvalue weighted by atomic mass is 10.2. The molecule has 0 fully saturated rings. The second kappa shape index (κ2) is 7.09. The van der Waals surface area contributed by atoms with Crippen LogP contribution in [0.1, 0.15) is 41.2 Å². The maximum atomic E-state index is 12.8. The molecule has 0 radical (unpaired) electrons. The van der Waals surface area contributed by atoms with E-state index in [9.17, 15) is 13.2 Å². The smallest absolute Gasteiger partial charge is 0.341 e. The number of carbonyl (C=O) groups excluding carboxylic acids is 1. The van der Waals surface area contributed by atoms with Gasteiger partial charge in [0, 0.05) is 17.1 Å². The van der Waals surface area contributed by atoms with Crippen LogP contribution in [0.15, 0.2) is 29.2 Å². The molecular formula is C17H22N2O4S. The van der Waals surface area contributed by atoms with E-state index >= 15 is 0 Å². The number of sulfonamides is 1. The van der Waals surface area contributed by atoms with Crippen LogP contribution in [0.3, 0.4) is 0 Å². The molecule has 0 aliphatic carbocycles. The number of esters is 1. The molecular weight excluding hydrogens is 328 g/mol. The number of benzene rings is 1. The first-order valence-corrected chi connectivity index (χ1v) is 9.26. The van der Waals surface area contributed by atoms with Crippen LogP contribution < -0.4 is 4.72 Å². The van der Waals surface area contributed by atoms with Gasteiger partial charge in [-0.15, -0.1) is 0 Å². The number of nitrogens with one attached hydrogen (secondary N) is 2. The number of carbonyl (C=O) groups is 1. The molecule has 0 aliphatic rings. The highest BCUT2D eigenvalue weighted by atomic mass is 32.2. The maximum Gasteiger partial charge on any atom is 0.341 e. The van der Waals surface area contributed by atoms with E-state index in [4.69, 9.17) is 4.74 Å². The first kappa shape index (κ1) is 18.1. The Bertz CT molecular complexity index is 836. The van der Waals surface area contributed by atoms with Crippen molar-refractivity contribution in [3.63, 3.8) is 0 Å². The number of aryl methyl sites for hydroxylation is 3. The molecule has 0 saturated heterocycles. The molecule has 0 spiro atoms. The zero-order valence-corrected chi connectivity index (χ0v) is 15.1. The summed E-state index contributed by atoms with van der Waals surface area (Å²) in [7, 11) is -3.92. The van der Waals surface area contributed by atoms with Crippen molar-refractivity contribution in [2.24, 2.45) is 0 Å². The summed E-state index contributed by atoms with van der Waals surface area (Å²) in [6.45, 7) is 7.14. The van der Waals surface area contributed by atoms with Crippen molar-refractivity contribution in [3.8, 4) is 0 Å². The zero-order chi connectivity index (χ0) is 17.9. The van der Waals surface area contributed by atoms with E-state index in [1.807, 2.05) is 19.1 Å². The fourth-order valence-corrected chi connectivity index (χ4v) is 4.07. The van der Waals surface area contributed by atoms with Gasteiger partial charge in [-0.1, -0.05) is 19.1 Å². The number of ether oxygens (including phenoxy) is 1. The standard InChI is InChI=1S/C17H22N2O4S/c1-5-13-7-9-14(10-8-13)19-24(21,22)16-12(4)18-11(3)15(16)17(20)23-6-2/h7-10,18-19H,5-6H2,1-4H3. The van der Waals surface area contributed by atoms with Crippen molar-refractivity contribution in [3.05, 3.63) is 46.8 Å². The molecule has 7 heteroatoms. The Kier molecular flexibility index (Phi) is 5.33. The van der Waals surface area contributed by atoms with E-state index < -0.39 is 16.0 Å². The lowest BCUT2D eigenvalue weighted by Crippen LogP contribution is -2.18. The zero-order valence-electron chi connectivity index (χ0n) is 14.3. The number of aromatic amines is 1. The molecule has 0 saturated carbocycles. The molecule has 1 heterocycles. The highest BCUT2D eigenvalue weighted by molar-refractivity contribution is 7.92. The molecule has 1 aromatic heterocycles. The van der Waals surface area contributed by atoms with E-state index in [1.165, 1.54) is 0 Å². The van der Waals surface area contributed by atoms with Crippen molar-refractivity contribution in [2.75, 3.05) is 11.3 Å². The van der Waals surface area contributed by atoms with Crippen LogP contribution in [0.4, 0.5) is 5.69 Å². The third-order valence-electron chi connectivity index (χ3n) is 3.68. The van der Waals surface area contributed by atoms with Crippen LogP contribution in [0.25, 0.3) is 0 Å². The second-order valence-electron chi connectivity index (χ2n) is 5.46. The van der Waals surface area contributed by atoms with Gasteiger partial charge in [-0.2, -0.15) is 0 Å². The second-order valence-corrected chi connectivity index (χ2v) is 7.07. The first-order chi connectivity index (χ1) is 11.3. The minimum Gasteiger partial charge on any atom is -0.462 e. The monoisotopic (exact) mass is 350 g/mol. The molecule has 24 heavy (non-hydrogen) atoms. The van der Waals surface area contributed by atoms with Crippen LogP contribution in [0, 0.1) is 13.8 Å².